The molecule has 0 bridgehead atoms. The summed E-state index contributed by atoms with van der Waals surface area (Å²) in [6.07, 6.45) is -0.640. The Morgan fingerprint density at radius 2 is 1.92 bits per heavy atom. The smallest absolute Gasteiger partial charge is 0.404 e. The summed E-state index contributed by atoms with van der Waals surface area (Å²) in [5.74, 6) is 0.150. The first-order chi connectivity index (χ1) is 18.7. The number of fused-ring (bicyclic) bond motifs is 1. The number of benzene rings is 2. The summed E-state index contributed by atoms with van der Waals surface area (Å²) in [4.78, 5) is 12.2. The van der Waals surface area contributed by atoms with Gasteiger partial charge in [-0.3, -0.25) is 14.5 Å². The van der Waals surface area contributed by atoms with E-state index >= 15 is 0 Å². The second kappa shape index (κ2) is 12.7. The average Bonchev–Trinajstić information content (AvgIpc) is 3.57. The van der Waals surface area contributed by atoms with Crippen LogP contribution >= 0.6 is 11.6 Å². The second-order valence-electron chi connectivity index (χ2n) is 8.48. The van der Waals surface area contributed by atoms with E-state index in [1.165, 1.54) is 12.1 Å². The molecule has 0 atom stereocenters. The molecule has 0 unspecified atom stereocenters. The van der Waals surface area contributed by atoms with E-state index in [-0.39, 0.29) is 17.4 Å². The van der Waals surface area contributed by atoms with Crippen LogP contribution in [0, 0.1) is 0 Å². The number of nitrogens with one attached hydrogen (secondary N) is 5. The molecule has 0 saturated heterocycles. The maximum atomic E-state index is 12.3. The summed E-state index contributed by atoms with van der Waals surface area (Å²) >= 11 is 5.85. The second-order valence-corrected chi connectivity index (χ2v) is 8.88. The minimum atomic E-state index is -4.81. The van der Waals surface area contributed by atoms with Crippen molar-refractivity contribution in [3.05, 3.63) is 53.6 Å². The predicted octanol–water partition coefficient (Wildman–Crippen LogP) is 3.84. The van der Waals surface area contributed by atoms with Crippen molar-refractivity contribution in [2.75, 3.05) is 37.3 Å². The molecule has 0 spiro atoms. The number of carbonyl (C=O) groups is 1. The van der Waals surface area contributed by atoms with Gasteiger partial charge in [-0.05, 0) is 36.2 Å². The van der Waals surface area contributed by atoms with Crippen molar-refractivity contribution in [3.8, 4) is 11.4 Å². The molecule has 5 N–H and O–H groups in total. The van der Waals surface area contributed by atoms with Crippen LogP contribution in [0.4, 0.5) is 24.7 Å². The molecule has 4 aromatic rings. The van der Waals surface area contributed by atoms with Gasteiger partial charge in [-0.1, -0.05) is 17.7 Å². The molecule has 0 aliphatic heterocycles. The lowest BCUT2D eigenvalue weighted by atomic mass is 10.1. The number of aromatic nitrogens is 5. The summed E-state index contributed by atoms with van der Waals surface area (Å²) in [7, 11) is 1.80. The summed E-state index contributed by atoms with van der Waals surface area (Å²) in [5, 5.41) is 28.3. The largest absolute Gasteiger partial charge is 0.573 e. The van der Waals surface area contributed by atoms with Crippen LogP contribution in [-0.2, 0) is 11.3 Å². The number of nitrogens with zero attached hydrogens (tertiary/aromatic N) is 4. The van der Waals surface area contributed by atoms with Gasteiger partial charge in [0.05, 0.1) is 21.6 Å². The lowest BCUT2D eigenvalue weighted by Crippen LogP contribution is -2.29. The lowest BCUT2D eigenvalue weighted by molar-refractivity contribution is -0.274. The van der Waals surface area contributed by atoms with Crippen molar-refractivity contribution in [3.63, 3.8) is 0 Å². The summed E-state index contributed by atoms with van der Waals surface area (Å²) < 4.78 is 42.7. The van der Waals surface area contributed by atoms with Crippen LogP contribution in [0.15, 0.2) is 43.0 Å². The number of rotatable bonds is 13. The first-order valence-electron chi connectivity index (χ1n) is 12.0. The highest BCUT2D eigenvalue weighted by atomic mass is 35.5. The third kappa shape index (κ3) is 7.74. The Balaban J connectivity index is 1.18. The Hall–Kier alpha value is -4.04. The maximum absolute atomic E-state index is 12.3. The monoisotopic (exact) mass is 565 g/mol. The van der Waals surface area contributed by atoms with E-state index < -0.39 is 12.1 Å². The zero-order chi connectivity index (χ0) is 27.8. The number of alkyl halides is 3. The standard InChI is InChI=1S/C24H27ClF3N9O2/c1-29-23-22-18(10-16(11-19(22)35-36-23)37-13-33-34-14-37)31-6-2-7-32-21(38)5-8-30-12-15-3-4-20(17(25)9-15)39-24(26,27)28/h3-4,9-11,13-14,30-31H,2,5-8,12H2,1H3,(H,32,38)(H2,29,35,36). The highest BCUT2D eigenvalue weighted by Crippen LogP contribution is 2.32. The first kappa shape index (κ1) is 28.0. The molecule has 208 valence electrons. The number of hydrogen-bond acceptors (Lipinski definition) is 8. The van der Waals surface area contributed by atoms with Crippen molar-refractivity contribution in [2.24, 2.45) is 0 Å². The highest BCUT2D eigenvalue weighted by molar-refractivity contribution is 6.32. The zero-order valence-corrected chi connectivity index (χ0v) is 21.7. The third-order valence-electron chi connectivity index (χ3n) is 5.67. The number of carbonyl (C=O) groups excluding carboxylic acids is 1. The molecule has 0 saturated carbocycles. The van der Waals surface area contributed by atoms with Crippen LogP contribution in [0.2, 0.25) is 5.02 Å². The number of halogens is 4. The van der Waals surface area contributed by atoms with Crippen molar-refractivity contribution in [2.45, 2.75) is 25.7 Å². The number of amides is 1. The van der Waals surface area contributed by atoms with Crippen LogP contribution in [0.25, 0.3) is 16.6 Å². The molecule has 39 heavy (non-hydrogen) atoms. The van der Waals surface area contributed by atoms with Crippen LogP contribution in [0.5, 0.6) is 5.75 Å². The Morgan fingerprint density at radius 3 is 2.64 bits per heavy atom. The van der Waals surface area contributed by atoms with Gasteiger partial charge in [0.2, 0.25) is 5.91 Å². The normalized spacial score (nSPS) is 11.5. The Morgan fingerprint density at radius 1 is 1.13 bits per heavy atom. The molecule has 0 radical (unpaired) electrons. The van der Waals surface area contributed by atoms with E-state index in [1.54, 1.807) is 24.3 Å². The zero-order valence-electron chi connectivity index (χ0n) is 20.9. The Kier molecular flexibility index (Phi) is 9.09. The molecule has 15 heteroatoms. The van der Waals surface area contributed by atoms with Gasteiger partial charge < -0.3 is 26.0 Å². The number of anilines is 2. The minimum absolute atomic E-state index is 0.112. The van der Waals surface area contributed by atoms with E-state index in [4.69, 9.17) is 11.6 Å². The number of ether oxygens (including phenoxy) is 1. The Bertz CT molecular complexity index is 1390. The molecule has 1 amide bonds. The van der Waals surface area contributed by atoms with Gasteiger partial charge in [-0.25, -0.2) is 0 Å². The lowest BCUT2D eigenvalue weighted by Gasteiger charge is -2.12. The maximum Gasteiger partial charge on any atom is 0.573 e. The molecular formula is C24H27ClF3N9O2. The van der Waals surface area contributed by atoms with E-state index in [1.807, 2.05) is 12.1 Å². The van der Waals surface area contributed by atoms with Gasteiger partial charge in [0.25, 0.3) is 0 Å². The quantitative estimate of drug-likeness (QED) is 0.154. The molecule has 11 nitrogen and oxygen atoms in total. The molecule has 2 aromatic heterocycles. The van der Waals surface area contributed by atoms with Gasteiger partial charge in [0.1, 0.15) is 18.4 Å². The van der Waals surface area contributed by atoms with Crippen LogP contribution in [0.1, 0.15) is 18.4 Å². The van der Waals surface area contributed by atoms with Crippen LogP contribution < -0.4 is 26.0 Å². The van der Waals surface area contributed by atoms with E-state index in [2.05, 4.69) is 46.4 Å². The molecular weight excluding hydrogens is 539 g/mol. The summed E-state index contributed by atoms with van der Waals surface area (Å²) in [6, 6.07) is 7.97. The third-order valence-corrected chi connectivity index (χ3v) is 5.97. The first-order valence-corrected chi connectivity index (χ1v) is 12.4. The molecule has 2 heterocycles. The highest BCUT2D eigenvalue weighted by Gasteiger charge is 2.32. The fourth-order valence-electron chi connectivity index (χ4n) is 3.87. The van der Waals surface area contributed by atoms with E-state index in [9.17, 15) is 18.0 Å². The molecule has 0 aliphatic carbocycles. The van der Waals surface area contributed by atoms with Gasteiger partial charge in [-0.15, -0.1) is 23.4 Å². The van der Waals surface area contributed by atoms with E-state index in [0.717, 1.165) is 34.2 Å². The number of hydrogen-bond donors (Lipinski definition) is 5. The van der Waals surface area contributed by atoms with Gasteiger partial charge in [-0.2, -0.15) is 5.10 Å². The fraction of sp³-hybridized carbons (Fsp3) is 0.333. The Labute approximate surface area is 226 Å². The minimum Gasteiger partial charge on any atom is -0.404 e. The SMILES string of the molecule is CNc1n[nH]c2cc(-n3cnnc3)cc(NCCCNC(=O)CCNCc3ccc(OC(F)(F)F)c(Cl)c3)c12. The van der Waals surface area contributed by atoms with Crippen molar-refractivity contribution < 1.29 is 22.7 Å². The van der Waals surface area contributed by atoms with Crippen LogP contribution in [0.3, 0.4) is 0 Å². The topological polar surface area (TPSA) is 134 Å². The van der Waals surface area contributed by atoms with Gasteiger partial charge in [0.15, 0.2) is 5.82 Å². The molecule has 2 aromatic carbocycles. The average molecular weight is 566 g/mol. The van der Waals surface area contributed by atoms with E-state index in [0.29, 0.717) is 38.2 Å². The number of H-pyrrole nitrogens is 1. The molecule has 0 aliphatic rings. The summed E-state index contributed by atoms with van der Waals surface area (Å²) in [6.45, 7) is 1.83. The summed E-state index contributed by atoms with van der Waals surface area (Å²) in [5.41, 5.74) is 3.27. The molecule has 4 rings (SSSR count). The van der Waals surface area contributed by atoms with Gasteiger partial charge in [0, 0.05) is 45.3 Å². The van der Waals surface area contributed by atoms with Crippen molar-refractivity contribution in [1.29, 1.82) is 0 Å². The predicted molar refractivity (Wildman–Crippen MR) is 141 cm³/mol. The van der Waals surface area contributed by atoms with Crippen molar-refractivity contribution in [1.82, 2.24) is 35.6 Å². The van der Waals surface area contributed by atoms with Crippen molar-refractivity contribution >= 4 is 39.9 Å². The fourth-order valence-corrected chi connectivity index (χ4v) is 4.11. The van der Waals surface area contributed by atoms with Gasteiger partial charge >= 0.3 is 6.36 Å². The van der Waals surface area contributed by atoms with Crippen LogP contribution in [-0.4, -0.2) is 63.9 Å². The number of aromatic amines is 1. The molecule has 0 fully saturated rings.